The normalized spacial score (nSPS) is 16.6. The Morgan fingerprint density at radius 2 is 1.61 bits per heavy atom. The van der Waals surface area contributed by atoms with Crippen LogP contribution in [0.3, 0.4) is 0 Å². The van der Waals surface area contributed by atoms with Gasteiger partial charge in [0.25, 0.3) is 11.8 Å². The van der Waals surface area contributed by atoms with Crippen molar-refractivity contribution in [3.05, 3.63) is 52.3 Å². The molecule has 10 heteroatoms. The molecule has 1 saturated heterocycles. The molecular weight excluding hydrogens is 444 g/mol. The Labute approximate surface area is 198 Å². The summed E-state index contributed by atoms with van der Waals surface area (Å²) in [6.45, 7) is 8.73. The SMILES string of the molecule is CC(C)N1CCN(C(=O)c2ccc(NC(=O)N3CCn4cc(Cl)c(C(N)=O)c4C3)cc2)CC1. The molecule has 33 heavy (non-hydrogen) atoms. The van der Waals surface area contributed by atoms with Crippen LogP contribution in [-0.2, 0) is 13.1 Å². The van der Waals surface area contributed by atoms with Gasteiger partial charge in [-0.05, 0) is 38.1 Å². The minimum Gasteiger partial charge on any atom is -0.365 e. The number of amides is 4. The van der Waals surface area contributed by atoms with E-state index in [9.17, 15) is 14.4 Å². The Morgan fingerprint density at radius 1 is 0.970 bits per heavy atom. The molecule has 1 fully saturated rings. The monoisotopic (exact) mass is 472 g/mol. The lowest BCUT2D eigenvalue weighted by atomic mass is 10.1. The number of urea groups is 1. The Bertz CT molecular complexity index is 1060. The lowest BCUT2D eigenvalue weighted by Gasteiger charge is -2.37. The predicted octanol–water partition coefficient (Wildman–Crippen LogP) is 2.45. The molecule has 4 rings (SSSR count). The molecule has 2 aromatic rings. The van der Waals surface area contributed by atoms with Crippen LogP contribution in [0.15, 0.2) is 30.5 Å². The number of halogens is 1. The molecule has 2 aliphatic heterocycles. The molecule has 3 heterocycles. The minimum absolute atomic E-state index is 0.00364. The second-order valence-corrected chi connectivity index (χ2v) is 9.11. The van der Waals surface area contributed by atoms with E-state index < -0.39 is 5.91 Å². The standard InChI is InChI=1S/C23H29ClN6O3/c1-15(2)27-7-9-28(10-8-27)22(32)16-3-5-17(6-4-16)26-23(33)30-12-11-29-13-18(24)20(21(25)31)19(29)14-30/h3-6,13,15H,7-12,14H2,1-2H3,(H2,25,31)(H,26,33). The van der Waals surface area contributed by atoms with Gasteiger partial charge in [0.1, 0.15) is 0 Å². The summed E-state index contributed by atoms with van der Waals surface area (Å²) in [7, 11) is 0. The smallest absolute Gasteiger partial charge is 0.322 e. The number of rotatable bonds is 4. The molecule has 3 N–H and O–H groups in total. The second-order valence-electron chi connectivity index (χ2n) is 8.71. The molecule has 0 saturated carbocycles. The molecule has 2 aliphatic rings. The number of fused-ring (bicyclic) bond motifs is 1. The summed E-state index contributed by atoms with van der Waals surface area (Å²) < 4.78 is 1.85. The highest BCUT2D eigenvalue weighted by Crippen LogP contribution is 2.26. The number of carbonyl (C=O) groups excluding carboxylic acids is 3. The number of carbonyl (C=O) groups is 3. The topological polar surface area (TPSA) is 104 Å². The maximum atomic E-state index is 12.8. The Kier molecular flexibility index (Phi) is 6.62. The highest BCUT2D eigenvalue weighted by Gasteiger charge is 2.27. The second kappa shape index (κ2) is 9.44. The molecule has 176 valence electrons. The first-order valence-electron chi connectivity index (χ1n) is 11.1. The van der Waals surface area contributed by atoms with Gasteiger partial charge >= 0.3 is 6.03 Å². The zero-order valence-electron chi connectivity index (χ0n) is 18.9. The van der Waals surface area contributed by atoms with E-state index in [2.05, 4.69) is 24.1 Å². The fourth-order valence-corrected chi connectivity index (χ4v) is 4.69. The Balaban J connectivity index is 1.36. The van der Waals surface area contributed by atoms with Crippen molar-refractivity contribution in [2.75, 3.05) is 38.0 Å². The van der Waals surface area contributed by atoms with Crippen molar-refractivity contribution < 1.29 is 14.4 Å². The van der Waals surface area contributed by atoms with Crippen LogP contribution < -0.4 is 11.1 Å². The maximum Gasteiger partial charge on any atom is 0.322 e. The van der Waals surface area contributed by atoms with Gasteiger partial charge in [-0.1, -0.05) is 11.6 Å². The van der Waals surface area contributed by atoms with Crippen molar-refractivity contribution in [3.8, 4) is 0 Å². The van der Waals surface area contributed by atoms with Crippen LogP contribution in [0.4, 0.5) is 10.5 Å². The van der Waals surface area contributed by atoms with E-state index in [0.29, 0.717) is 54.2 Å². The van der Waals surface area contributed by atoms with Gasteiger partial charge in [0.2, 0.25) is 0 Å². The summed E-state index contributed by atoms with van der Waals surface area (Å²) in [6.07, 6.45) is 1.67. The van der Waals surface area contributed by atoms with Crippen LogP contribution in [-0.4, -0.2) is 75.9 Å². The Morgan fingerprint density at radius 3 is 2.21 bits per heavy atom. The van der Waals surface area contributed by atoms with E-state index in [0.717, 1.165) is 13.1 Å². The first-order chi connectivity index (χ1) is 15.7. The fourth-order valence-electron chi connectivity index (χ4n) is 4.37. The summed E-state index contributed by atoms with van der Waals surface area (Å²) in [6, 6.07) is 7.12. The highest BCUT2D eigenvalue weighted by atomic mass is 35.5. The zero-order chi connectivity index (χ0) is 23.7. The van der Waals surface area contributed by atoms with E-state index in [1.165, 1.54) is 0 Å². The quantitative estimate of drug-likeness (QED) is 0.713. The number of nitrogens with two attached hydrogens (primary N) is 1. The summed E-state index contributed by atoms with van der Waals surface area (Å²) in [5, 5.41) is 3.16. The number of anilines is 1. The summed E-state index contributed by atoms with van der Waals surface area (Å²) in [5.41, 5.74) is 7.53. The number of primary amides is 1. The molecule has 0 spiro atoms. The van der Waals surface area contributed by atoms with E-state index in [-0.39, 0.29) is 24.0 Å². The number of aromatic nitrogens is 1. The van der Waals surface area contributed by atoms with Gasteiger partial charge in [-0.15, -0.1) is 0 Å². The van der Waals surface area contributed by atoms with Crippen LogP contribution in [0.1, 0.15) is 40.3 Å². The Hall–Kier alpha value is -3.04. The van der Waals surface area contributed by atoms with Gasteiger partial charge < -0.3 is 25.4 Å². The van der Waals surface area contributed by atoms with E-state index in [4.69, 9.17) is 17.3 Å². The van der Waals surface area contributed by atoms with Crippen LogP contribution in [0.2, 0.25) is 5.02 Å². The van der Waals surface area contributed by atoms with Crippen LogP contribution >= 0.6 is 11.6 Å². The van der Waals surface area contributed by atoms with E-state index in [1.807, 2.05) is 9.47 Å². The average Bonchev–Trinajstić information content (AvgIpc) is 3.14. The number of hydrogen-bond donors (Lipinski definition) is 2. The molecule has 0 atom stereocenters. The van der Waals surface area contributed by atoms with Crippen molar-refractivity contribution in [1.82, 2.24) is 19.3 Å². The number of benzene rings is 1. The molecule has 9 nitrogen and oxygen atoms in total. The van der Waals surface area contributed by atoms with Gasteiger partial charge in [0, 0.05) is 62.8 Å². The third-order valence-corrected chi connectivity index (χ3v) is 6.63. The summed E-state index contributed by atoms with van der Waals surface area (Å²) in [5.74, 6) is -0.606. The van der Waals surface area contributed by atoms with Gasteiger partial charge in [-0.2, -0.15) is 0 Å². The van der Waals surface area contributed by atoms with E-state index >= 15 is 0 Å². The minimum atomic E-state index is -0.609. The maximum absolute atomic E-state index is 12.8. The molecule has 4 amide bonds. The third kappa shape index (κ3) is 4.84. The average molecular weight is 473 g/mol. The number of nitrogens with one attached hydrogen (secondary N) is 1. The molecule has 1 aromatic heterocycles. The fraction of sp³-hybridized carbons (Fsp3) is 0.435. The van der Waals surface area contributed by atoms with Gasteiger partial charge in [-0.3, -0.25) is 14.5 Å². The zero-order valence-corrected chi connectivity index (χ0v) is 19.6. The molecule has 0 unspecified atom stereocenters. The molecule has 0 radical (unpaired) electrons. The first kappa shape index (κ1) is 23.1. The van der Waals surface area contributed by atoms with Crippen molar-refractivity contribution >= 4 is 35.1 Å². The molecule has 0 aliphatic carbocycles. The van der Waals surface area contributed by atoms with Crippen molar-refractivity contribution in [1.29, 1.82) is 0 Å². The molecular formula is C23H29ClN6O3. The van der Waals surface area contributed by atoms with Crippen LogP contribution in [0, 0.1) is 0 Å². The number of hydrogen-bond acceptors (Lipinski definition) is 4. The van der Waals surface area contributed by atoms with Gasteiger partial charge in [0.15, 0.2) is 0 Å². The third-order valence-electron chi connectivity index (χ3n) is 6.34. The van der Waals surface area contributed by atoms with Crippen molar-refractivity contribution in [2.24, 2.45) is 5.73 Å². The van der Waals surface area contributed by atoms with Crippen molar-refractivity contribution in [3.63, 3.8) is 0 Å². The predicted molar refractivity (Wildman–Crippen MR) is 126 cm³/mol. The van der Waals surface area contributed by atoms with Crippen molar-refractivity contribution in [2.45, 2.75) is 33.0 Å². The highest BCUT2D eigenvalue weighted by molar-refractivity contribution is 6.34. The molecule has 1 aromatic carbocycles. The van der Waals surface area contributed by atoms with E-state index in [1.54, 1.807) is 35.4 Å². The largest absolute Gasteiger partial charge is 0.365 e. The van der Waals surface area contributed by atoms with Gasteiger partial charge in [0.05, 0.1) is 22.8 Å². The van der Waals surface area contributed by atoms with Crippen LogP contribution in [0.25, 0.3) is 0 Å². The molecule has 0 bridgehead atoms. The lowest BCUT2D eigenvalue weighted by Crippen LogP contribution is -2.50. The first-order valence-corrected chi connectivity index (χ1v) is 11.5. The van der Waals surface area contributed by atoms with Crippen LogP contribution in [0.5, 0.6) is 0 Å². The lowest BCUT2D eigenvalue weighted by molar-refractivity contribution is 0.0595. The number of piperazine rings is 1. The summed E-state index contributed by atoms with van der Waals surface area (Å²) in [4.78, 5) is 43.2. The van der Waals surface area contributed by atoms with Gasteiger partial charge in [-0.25, -0.2) is 4.79 Å². The number of nitrogens with zero attached hydrogens (tertiary/aromatic N) is 4. The summed E-state index contributed by atoms with van der Waals surface area (Å²) >= 11 is 6.13.